The van der Waals surface area contributed by atoms with Crippen LogP contribution in [0.1, 0.15) is 16.1 Å². The molecule has 2 aromatic rings. The highest BCUT2D eigenvalue weighted by Gasteiger charge is 2.25. The fraction of sp³-hybridized carbons (Fsp3) is 0.231. The second kappa shape index (κ2) is 6.38. The van der Waals surface area contributed by atoms with Crippen LogP contribution in [0.2, 0.25) is 0 Å². The maximum Gasteiger partial charge on any atom is 0.387 e. The second-order valence-electron chi connectivity index (χ2n) is 4.63. The smallest absolute Gasteiger partial charge is 0.387 e. The molecule has 8 nitrogen and oxygen atoms in total. The van der Waals surface area contributed by atoms with Crippen molar-refractivity contribution in [3.63, 3.8) is 0 Å². The van der Waals surface area contributed by atoms with E-state index < -0.39 is 28.8 Å². The number of nitrogens with zero attached hydrogens (tertiary/aromatic N) is 3. The van der Waals surface area contributed by atoms with Crippen LogP contribution in [0, 0.1) is 17.0 Å². The van der Waals surface area contributed by atoms with Crippen LogP contribution in [0.15, 0.2) is 24.4 Å². The number of hydrogen-bond donors (Lipinski definition) is 1. The van der Waals surface area contributed by atoms with Crippen LogP contribution in [0.4, 0.5) is 20.2 Å². The molecule has 0 atom stereocenters. The Morgan fingerprint density at radius 1 is 1.48 bits per heavy atom. The third-order valence-electron chi connectivity index (χ3n) is 2.82. The summed E-state index contributed by atoms with van der Waals surface area (Å²) in [5, 5.41) is 16.9. The summed E-state index contributed by atoms with van der Waals surface area (Å²) in [6.45, 7) is -1.41. The predicted molar refractivity (Wildman–Crippen MR) is 75.6 cm³/mol. The molecule has 0 aliphatic rings. The largest absolute Gasteiger partial charge is 0.433 e. The third-order valence-corrected chi connectivity index (χ3v) is 2.82. The van der Waals surface area contributed by atoms with Gasteiger partial charge in [0, 0.05) is 7.05 Å². The molecule has 0 aliphatic carbocycles. The fourth-order valence-electron chi connectivity index (χ4n) is 1.88. The van der Waals surface area contributed by atoms with E-state index in [1.807, 2.05) is 0 Å². The molecule has 0 saturated heterocycles. The Hall–Kier alpha value is -3.04. The molecule has 0 fully saturated rings. The van der Waals surface area contributed by atoms with E-state index in [4.69, 9.17) is 0 Å². The van der Waals surface area contributed by atoms with Gasteiger partial charge in [0.1, 0.15) is 11.9 Å². The molecule has 0 aliphatic heterocycles. The number of nitrogens with one attached hydrogen (secondary N) is 1. The zero-order chi connectivity index (χ0) is 17.1. The molecule has 1 aromatic heterocycles. The fourth-order valence-corrected chi connectivity index (χ4v) is 1.88. The van der Waals surface area contributed by atoms with Gasteiger partial charge in [-0.1, -0.05) is 6.07 Å². The Labute approximate surface area is 128 Å². The van der Waals surface area contributed by atoms with Crippen LogP contribution < -0.4 is 10.1 Å². The van der Waals surface area contributed by atoms with Gasteiger partial charge in [-0.15, -0.1) is 0 Å². The first-order valence-electron chi connectivity index (χ1n) is 6.32. The highest BCUT2D eigenvalue weighted by molar-refractivity contribution is 6.06. The van der Waals surface area contributed by atoms with E-state index in [-0.39, 0.29) is 11.4 Å². The summed E-state index contributed by atoms with van der Waals surface area (Å²) in [5.41, 5.74) is -0.321. The molecule has 1 N–H and O–H groups in total. The van der Waals surface area contributed by atoms with E-state index in [1.165, 1.54) is 19.2 Å². The lowest BCUT2D eigenvalue weighted by molar-refractivity contribution is -0.385. The van der Waals surface area contributed by atoms with Gasteiger partial charge in [0.25, 0.3) is 5.91 Å². The summed E-state index contributed by atoms with van der Waals surface area (Å²) in [6, 6.07) is 4.25. The second-order valence-corrected chi connectivity index (χ2v) is 4.63. The van der Waals surface area contributed by atoms with Crippen molar-refractivity contribution in [2.45, 2.75) is 13.5 Å². The van der Waals surface area contributed by atoms with Crippen LogP contribution in [0.5, 0.6) is 5.75 Å². The molecule has 0 radical (unpaired) electrons. The topological polar surface area (TPSA) is 99.3 Å². The Morgan fingerprint density at radius 3 is 2.78 bits per heavy atom. The van der Waals surface area contributed by atoms with Gasteiger partial charge in [-0.25, -0.2) is 0 Å². The van der Waals surface area contributed by atoms with Gasteiger partial charge in [-0.2, -0.15) is 13.9 Å². The van der Waals surface area contributed by atoms with Crippen molar-refractivity contribution < 1.29 is 23.2 Å². The van der Waals surface area contributed by atoms with Gasteiger partial charge in [-0.05, 0) is 24.6 Å². The maximum atomic E-state index is 12.4. The van der Waals surface area contributed by atoms with Crippen LogP contribution in [0.3, 0.4) is 0 Å². The van der Waals surface area contributed by atoms with Gasteiger partial charge < -0.3 is 10.1 Å². The zero-order valence-corrected chi connectivity index (χ0v) is 12.1. The third kappa shape index (κ3) is 3.78. The average molecular weight is 326 g/mol. The van der Waals surface area contributed by atoms with Crippen molar-refractivity contribution >= 4 is 17.3 Å². The number of amides is 1. The number of benzene rings is 1. The van der Waals surface area contributed by atoms with Crippen molar-refractivity contribution in [3.8, 4) is 5.75 Å². The molecular formula is C13H12F2N4O4. The summed E-state index contributed by atoms with van der Waals surface area (Å²) in [7, 11) is 1.42. The quantitative estimate of drug-likeness (QED) is 0.672. The number of nitro groups is 1. The minimum Gasteiger partial charge on any atom is -0.433 e. The van der Waals surface area contributed by atoms with Gasteiger partial charge in [-0.3, -0.25) is 19.6 Å². The zero-order valence-electron chi connectivity index (χ0n) is 12.1. The Bertz CT molecular complexity index is 760. The number of aromatic nitrogens is 2. The normalized spacial score (nSPS) is 10.7. The van der Waals surface area contributed by atoms with Crippen LogP contribution in [-0.4, -0.2) is 27.2 Å². The van der Waals surface area contributed by atoms with Crippen LogP contribution >= 0.6 is 0 Å². The number of hydrogen-bond acceptors (Lipinski definition) is 5. The molecule has 23 heavy (non-hydrogen) atoms. The SMILES string of the molecule is Cc1ccc(NC(=O)c2nn(C)cc2[N+](=O)[O-])c(OC(F)F)c1. The summed E-state index contributed by atoms with van der Waals surface area (Å²) < 4.78 is 30.3. The molecule has 1 aromatic carbocycles. The van der Waals surface area contributed by atoms with Crippen molar-refractivity contribution in [3.05, 3.63) is 45.8 Å². The molecule has 2 rings (SSSR count). The molecular weight excluding hydrogens is 314 g/mol. The molecule has 1 heterocycles. The molecule has 0 spiro atoms. The Balaban J connectivity index is 2.32. The standard InChI is InChI=1S/C13H12F2N4O4/c1-7-3-4-8(10(5-7)23-13(14)15)16-12(20)11-9(19(21)22)6-18(2)17-11/h3-6,13H,1-2H3,(H,16,20). The highest BCUT2D eigenvalue weighted by atomic mass is 19.3. The average Bonchev–Trinajstić information content (AvgIpc) is 2.83. The van der Waals surface area contributed by atoms with E-state index in [9.17, 15) is 23.7 Å². The minimum atomic E-state index is -3.07. The first-order valence-corrected chi connectivity index (χ1v) is 6.32. The number of halogens is 2. The van der Waals surface area contributed by atoms with Gasteiger partial charge in [0.2, 0.25) is 5.69 Å². The molecule has 0 saturated carbocycles. The van der Waals surface area contributed by atoms with Crippen molar-refractivity contribution in [1.82, 2.24) is 9.78 Å². The van der Waals surface area contributed by atoms with Crippen molar-refractivity contribution in [2.24, 2.45) is 7.05 Å². The van der Waals surface area contributed by atoms with Gasteiger partial charge in [0.15, 0.2) is 0 Å². The van der Waals surface area contributed by atoms with Crippen molar-refractivity contribution in [2.75, 3.05) is 5.32 Å². The summed E-state index contributed by atoms with van der Waals surface area (Å²) in [4.78, 5) is 22.3. The Kier molecular flexibility index (Phi) is 4.53. The number of carbonyl (C=O) groups is 1. The molecule has 10 heteroatoms. The number of ether oxygens (including phenoxy) is 1. The van der Waals surface area contributed by atoms with Gasteiger partial charge >= 0.3 is 12.3 Å². The van der Waals surface area contributed by atoms with E-state index in [1.54, 1.807) is 13.0 Å². The highest BCUT2D eigenvalue weighted by Crippen LogP contribution is 2.28. The van der Waals surface area contributed by atoms with Crippen molar-refractivity contribution in [1.29, 1.82) is 0 Å². The first-order chi connectivity index (χ1) is 10.8. The lowest BCUT2D eigenvalue weighted by Crippen LogP contribution is -2.16. The summed E-state index contributed by atoms with van der Waals surface area (Å²) in [5.74, 6) is -1.15. The minimum absolute atomic E-state index is 0.0409. The number of aryl methyl sites for hydroxylation is 2. The molecule has 122 valence electrons. The molecule has 1 amide bonds. The molecule has 0 unspecified atom stereocenters. The number of carbonyl (C=O) groups excluding carboxylic acids is 1. The number of anilines is 1. The lowest BCUT2D eigenvalue weighted by atomic mass is 10.2. The van der Waals surface area contributed by atoms with E-state index in [0.29, 0.717) is 5.56 Å². The monoisotopic (exact) mass is 326 g/mol. The predicted octanol–water partition coefficient (Wildman–Crippen LogP) is 2.49. The van der Waals surface area contributed by atoms with E-state index in [2.05, 4.69) is 15.2 Å². The first kappa shape index (κ1) is 16.3. The summed E-state index contributed by atoms with van der Waals surface area (Å²) >= 11 is 0. The summed E-state index contributed by atoms with van der Waals surface area (Å²) in [6.07, 6.45) is 1.07. The number of rotatable bonds is 5. The van der Waals surface area contributed by atoms with E-state index in [0.717, 1.165) is 10.9 Å². The lowest BCUT2D eigenvalue weighted by Gasteiger charge is -2.12. The van der Waals surface area contributed by atoms with E-state index >= 15 is 0 Å². The van der Waals surface area contributed by atoms with Crippen LogP contribution in [-0.2, 0) is 7.05 Å². The Morgan fingerprint density at radius 2 is 2.17 bits per heavy atom. The molecule has 0 bridgehead atoms. The van der Waals surface area contributed by atoms with Gasteiger partial charge in [0.05, 0.1) is 10.6 Å². The maximum absolute atomic E-state index is 12.4. The van der Waals surface area contributed by atoms with Crippen LogP contribution in [0.25, 0.3) is 0 Å². The number of alkyl halides is 2.